The molecule has 4 rings (SSSR count). The summed E-state index contributed by atoms with van der Waals surface area (Å²) in [6.07, 6.45) is 1.75. The molecule has 0 radical (unpaired) electrons. The molecule has 0 spiro atoms. The smallest absolute Gasteiger partial charge is 0.276 e. The zero-order chi connectivity index (χ0) is 19.7. The molecule has 0 bridgehead atoms. The molecule has 1 amide bonds. The van der Waals surface area contributed by atoms with Gasteiger partial charge in [0, 0.05) is 0 Å². The van der Waals surface area contributed by atoms with E-state index in [1.54, 1.807) is 13.0 Å². The van der Waals surface area contributed by atoms with Crippen LogP contribution < -0.4 is 5.32 Å². The van der Waals surface area contributed by atoms with Crippen molar-refractivity contribution < 1.29 is 4.79 Å². The van der Waals surface area contributed by atoms with Gasteiger partial charge in [0.25, 0.3) is 5.91 Å². The van der Waals surface area contributed by atoms with Crippen molar-refractivity contribution in [2.75, 3.05) is 5.32 Å². The molecule has 2 heterocycles. The lowest BCUT2D eigenvalue weighted by Crippen LogP contribution is -2.19. The Kier molecular flexibility index (Phi) is 4.70. The zero-order valence-corrected chi connectivity index (χ0v) is 16.5. The minimum atomic E-state index is -0.326. The number of nitrogens with one attached hydrogen (secondary N) is 1. The summed E-state index contributed by atoms with van der Waals surface area (Å²) in [5.74, 6) is 0.195. The molecule has 4 aromatic rings. The van der Waals surface area contributed by atoms with Gasteiger partial charge in [0.05, 0.1) is 10.2 Å². The second-order valence-corrected chi connectivity index (χ2v) is 7.51. The van der Waals surface area contributed by atoms with E-state index in [9.17, 15) is 4.79 Å². The normalized spacial score (nSPS) is 11.8. The number of thiazole rings is 1. The molecule has 1 N–H and O–H groups in total. The van der Waals surface area contributed by atoms with E-state index >= 15 is 0 Å². The number of anilines is 1. The standard InChI is InChI=1S/C20H18N6OS/c1-12-9-13(2)18-17(10-12)28-20(21-18)22-19(27)16(26-14(3)23-24-25-26)11-15-7-5-4-6-8-15/h4-11H,1-3H3,(H,21,22,27)/b16-11-. The zero-order valence-electron chi connectivity index (χ0n) is 15.7. The largest absolute Gasteiger partial charge is 0.296 e. The van der Waals surface area contributed by atoms with Crippen LogP contribution in [0.15, 0.2) is 42.5 Å². The van der Waals surface area contributed by atoms with Crippen molar-refractivity contribution in [3.8, 4) is 0 Å². The maximum absolute atomic E-state index is 13.1. The van der Waals surface area contributed by atoms with E-state index in [4.69, 9.17) is 0 Å². The van der Waals surface area contributed by atoms with E-state index in [2.05, 4.69) is 38.0 Å². The lowest BCUT2D eigenvalue weighted by molar-refractivity contribution is -0.111. The van der Waals surface area contributed by atoms with Gasteiger partial charge in [-0.1, -0.05) is 47.7 Å². The first-order valence-corrected chi connectivity index (χ1v) is 9.54. The molecular formula is C20H18N6OS. The van der Waals surface area contributed by atoms with Crippen molar-refractivity contribution >= 4 is 44.4 Å². The van der Waals surface area contributed by atoms with Crippen LogP contribution in [0.25, 0.3) is 22.0 Å². The Labute approximate surface area is 165 Å². The summed E-state index contributed by atoms with van der Waals surface area (Å²) in [4.78, 5) is 17.7. The van der Waals surface area contributed by atoms with Crippen molar-refractivity contribution in [1.82, 2.24) is 25.2 Å². The van der Waals surface area contributed by atoms with E-state index in [1.165, 1.54) is 21.6 Å². The Morgan fingerprint density at radius 2 is 1.93 bits per heavy atom. The van der Waals surface area contributed by atoms with E-state index in [1.807, 2.05) is 44.2 Å². The van der Waals surface area contributed by atoms with Crippen LogP contribution in [-0.4, -0.2) is 31.1 Å². The van der Waals surface area contributed by atoms with Crippen molar-refractivity contribution in [2.24, 2.45) is 0 Å². The van der Waals surface area contributed by atoms with Gasteiger partial charge in [0.2, 0.25) is 0 Å². The van der Waals surface area contributed by atoms with E-state index < -0.39 is 0 Å². The number of aryl methyl sites for hydroxylation is 3. The Balaban J connectivity index is 1.71. The fourth-order valence-electron chi connectivity index (χ4n) is 2.97. The Bertz CT molecular complexity index is 1190. The third kappa shape index (κ3) is 3.54. The molecule has 0 aliphatic heterocycles. The van der Waals surface area contributed by atoms with Gasteiger partial charge in [-0.15, -0.1) is 5.10 Å². The summed E-state index contributed by atoms with van der Waals surface area (Å²) in [5, 5.41) is 14.9. The van der Waals surface area contributed by atoms with Crippen LogP contribution in [0.4, 0.5) is 5.13 Å². The topological polar surface area (TPSA) is 85.6 Å². The van der Waals surface area contributed by atoms with Gasteiger partial charge in [0.15, 0.2) is 11.0 Å². The number of rotatable bonds is 4. The molecule has 0 atom stereocenters. The SMILES string of the molecule is Cc1cc(C)c2nc(NC(=O)/C(=C/c3ccccc3)n3nnnc3C)sc2c1. The summed E-state index contributed by atoms with van der Waals surface area (Å²) < 4.78 is 2.46. The fourth-order valence-corrected chi connectivity index (χ4v) is 4.01. The minimum Gasteiger partial charge on any atom is -0.296 e. The molecule has 28 heavy (non-hydrogen) atoms. The molecule has 0 saturated heterocycles. The number of nitrogens with zero attached hydrogens (tertiary/aromatic N) is 5. The highest BCUT2D eigenvalue weighted by atomic mass is 32.1. The molecule has 8 heteroatoms. The van der Waals surface area contributed by atoms with Crippen molar-refractivity contribution in [3.63, 3.8) is 0 Å². The highest BCUT2D eigenvalue weighted by Gasteiger charge is 2.18. The van der Waals surface area contributed by atoms with Gasteiger partial charge < -0.3 is 0 Å². The fraction of sp³-hybridized carbons (Fsp3) is 0.150. The molecule has 140 valence electrons. The molecule has 0 saturated carbocycles. The number of amides is 1. The van der Waals surface area contributed by atoms with Crippen LogP contribution in [0.3, 0.4) is 0 Å². The molecule has 2 aromatic heterocycles. The van der Waals surface area contributed by atoms with Crippen molar-refractivity contribution in [2.45, 2.75) is 20.8 Å². The maximum atomic E-state index is 13.1. The third-order valence-corrected chi connectivity index (χ3v) is 5.16. The van der Waals surface area contributed by atoms with Gasteiger partial charge in [-0.25, -0.2) is 4.98 Å². The van der Waals surface area contributed by atoms with Crippen LogP contribution in [0.5, 0.6) is 0 Å². The highest BCUT2D eigenvalue weighted by molar-refractivity contribution is 7.22. The van der Waals surface area contributed by atoms with Gasteiger partial charge in [-0.3, -0.25) is 10.1 Å². The average molecular weight is 390 g/mol. The number of hydrogen-bond donors (Lipinski definition) is 1. The number of hydrogen-bond acceptors (Lipinski definition) is 6. The number of fused-ring (bicyclic) bond motifs is 1. The second-order valence-electron chi connectivity index (χ2n) is 6.48. The maximum Gasteiger partial charge on any atom is 0.276 e. The quantitative estimate of drug-likeness (QED) is 0.535. The summed E-state index contributed by atoms with van der Waals surface area (Å²) >= 11 is 1.45. The summed E-state index contributed by atoms with van der Waals surface area (Å²) in [6, 6.07) is 13.7. The van der Waals surface area contributed by atoms with Crippen LogP contribution in [0, 0.1) is 20.8 Å². The van der Waals surface area contributed by atoms with Crippen molar-refractivity contribution in [1.29, 1.82) is 0 Å². The molecule has 0 unspecified atom stereocenters. The van der Waals surface area contributed by atoms with Crippen LogP contribution in [0.2, 0.25) is 0 Å². The Morgan fingerprint density at radius 3 is 2.64 bits per heavy atom. The van der Waals surface area contributed by atoms with E-state index in [0.717, 1.165) is 21.3 Å². The van der Waals surface area contributed by atoms with Gasteiger partial charge in [-0.2, -0.15) is 4.68 Å². The highest BCUT2D eigenvalue weighted by Crippen LogP contribution is 2.29. The molecule has 2 aromatic carbocycles. The number of tetrazole rings is 1. The average Bonchev–Trinajstić information content (AvgIpc) is 3.26. The number of benzene rings is 2. The molecule has 0 aliphatic rings. The number of aromatic nitrogens is 5. The van der Waals surface area contributed by atoms with Crippen LogP contribution >= 0.6 is 11.3 Å². The molecule has 7 nitrogen and oxygen atoms in total. The van der Waals surface area contributed by atoms with E-state index in [0.29, 0.717) is 16.7 Å². The first-order chi connectivity index (χ1) is 13.5. The van der Waals surface area contributed by atoms with Gasteiger partial charge in [-0.05, 0) is 60.0 Å². The van der Waals surface area contributed by atoms with E-state index in [-0.39, 0.29) is 5.91 Å². The lowest BCUT2D eigenvalue weighted by Gasteiger charge is -2.07. The van der Waals surface area contributed by atoms with Crippen LogP contribution in [0.1, 0.15) is 22.5 Å². The monoisotopic (exact) mass is 390 g/mol. The summed E-state index contributed by atoms with van der Waals surface area (Å²) in [6.45, 7) is 5.81. The lowest BCUT2D eigenvalue weighted by atomic mass is 10.1. The first-order valence-electron chi connectivity index (χ1n) is 8.72. The number of carbonyl (C=O) groups excluding carboxylic acids is 1. The first kappa shape index (κ1) is 18.0. The van der Waals surface area contributed by atoms with Crippen molar-refractivity contribution in [3.05, 3.63) is 65.0 Å². The molecular weight excluding hydrogens is 372 g/mol. The Morgan fingerprint density at radius 1 is 1.14 bits per heavy atom. The summed E-state index contributed by atoms with van der Waals surface area (Å²) in [5.41, 5.74) is 4.35. The Hall–Kier alpha value is -3.39. The van der Waals surface area contributed by atoms with Gasteiger partial charge >= 0.3 is 0 Å². The molecule has 0 aliphatic carbocycles. The third-order valence-electron chi connectivity index (χ3n) is 4.24. The van der Waals surface area contributed by atoms with Crippen LogP contribution in [-0.2, 0) is 4.79 Å². The second kappa shape index (κ2) is 7.32. The molecule has 0 fully saturated rings. The number of carbonyl (C=O) groups is 1. The predicted molar refractivity (Wildman–Crippen MR) is 111 cm³/mol. The minimum absolute atomic E-state index is 0.320. The summed E-state index contributed by atoms with van der Waals surface area (Å²) in [7, 11) is 0. The predicted octanol–water partition coefficient (Wildman–Crippen LogP) is 3.84. The van der Waals surface area contributed by atoms with Gasteiger partial charge in [0.1, 0.15) is 5.70 Å².